The lowest BCUT2D eigenvalue weighted by molar-refractivity contribution is -0.138. The van der Waals surface area contributed by atoms with Crippen LogP contribution in [0.5, 0.6) is 0 Å². The van der Waals surface area contributed by atoms with E-state index in [0.29, 0.717) is 12.5 Å². The van der Waals surface area contributed by atoms with Gasteiger partial charge < -0.3 is 26.8 Å². The van der Waals surface area contributed by atoms with Gasteiger partial charge in [0.25, 0.3) is 0 Å². The fourth-order valence-electron chi connectivity index (χ4n) is 1.68. The molecule has 0 radical (unpaired) electrons. The molecule has 0 aromatic carbocycles. The van der Waals surface area contributed by atoms with Crippen LogP contribution in [0.25, 0.3) is 0 Å². The zero-order chi connectivity index (χ0) is 12.7. The predicted molar refractivity (Wildman–Crippen MR) is 62.6 cm³/mol. The summed E-state index contributed by atoms with van der Waals surface area (Å²) in [4.78, 5) is 21.7. The van der Waals surface area contributed by atoms with Crippen LogP contribution in [0, 0.1) is 5.92 Å². The van der Waals surface area contributed by atoms with Crippen molar-refractivity contribution in [3.05, 3.63) is 0 Å². The largest absolute Gasteiger partial charge is 0.480 e. The normalized spacial score (nSPS) is 18.4. The highest BCUT2D eigenvalue weighted by Gasteiger charge is 2.15. The van der Waals surface area contributed by atoms with Gasteiger partial charge in [0.2, 0.25) is 0 Å². The Balaban J connectivity index is 2.10. The summed E-state index contributed by atoms with van der Waals surface area (Å²) in [6, 6.07) is -1.42. The third kappa shape index (κ3) is 5.50. The van der Waals surface area contributed by atoms with Crippen molar-refractivity contribution in [3.63, 3.8) is 0 Å². The van der Waals surface area contributed by atoms with Crippen LogP contribution in [-0.2, 0) is 4.79 Å². The van der Waals surface area contributed by atoms with Crippen LogP contribution in [-0.4, -0.2) is 49.3 Å². The van der Waals surface area contributed by atoms with Gasteiger partial charge in [-0.25, -0.2) is 4.79 Å². The monoisotopic (exact) mass is 244 g/mol. The van der Waals surface area contributed by atoms with Crippen molar-refractivity contribution >= 4 is 12.0 Å². The number of rotatable bonds is 5. The summed E-state index contributed by atoms with van der Waals surface area (Å²) in [5.74, 6) is -0.626. The zero-order valence-electron chi connectivity index (χ0n) is 9.74. The average Bonchev–Trinajstić information content (AvgIpc) is 2.34. The van der Waals surface area contributed by atoms with Gasteiger partial charge in [0.1, 0.15) is 6.04 Å². The molecule has 1 atom stereocenters. The van der Waals surface area contributed by atoms with Crippen LogP contribution >= 0.6 is 0 Å². The number of urea groups is 1. The summed E-state index contributed by atoms with van der Waals surface area (Å²) in [6.07, 6.45) is 2.10. The summed E-state index contributed by atoms with van der Waals surface area (Å²) >= 11 is 0. The molecule has 1 rings (SSSR count). The van der Waals surface area contributed by atoms with E-state index in [0.717, 1.165) is 25.9 Å². The zero-order valence-corrected chi connectivity index (χ0v) is 9.74. The third-order valence-electron chi connectivity index (χ3n) is 2.81. The lowest BCUT2D eigenvalue weighted by Gasteiger charge is -2.22. The Kier molecular flexibility index (Phi) is 5.71. The first-order valence-corrected chi connectivity index (χ1v) is 5.80. The molecule has 98 valence electrons. The average molecular weight is 244 g/mol. The third-order valence-corrected chi connectivity index (χ3v) is 2.81. The van der Waals surface area contributed by atoms with Gasteiger partial charge in [-0.15, -0.1) is 0 Å². The second-order valence-electron chi connectivity index (χ2n) is 4.23. The van der Waals surface area contributed by atoms with E-state index in [2.05, 4.69) is 16.0 Å². The number of piperidine rings is 1. The first-order valence-electron chi connectivity index (χ1n) is 5.80. The van der Waals surface area contributed by atoms with Crippen LogP contribution in [0.4, 0.5) is 4.79 Å². The number of carbonyl (C=O) groups excluding carboxylic acids is 1. The van der Waals surface area contributed by atoms with Gasteiger partial charge in [0.05, 0.1) is 0 Å². The van der Waals surface area contributed by atoms with Crippen LogP contribution in [0.2, 0.25) is 0 Å². The first kappa shape index (κ1) is 13.7. The van der Waals surface area contributed by atoms with Crippen LogP contribution in [0.15, 0.2) is 0 Å². The molecule has 0 bridgehead atoms. The summed E-state index contributed by atoms with van der Waals surface area (Å²) in [5, 5.41) is 16.9. The minimum absolute atomic E-state index is 0.0621. The molecule has 1 saturated heterocycles. The molecule has 0 aliphatic carbocycles. The quantitative estimate of drug-likeness (QED) is 0.412. The van der Waals surface area contributed by atoms with Crippen molar-refractivity contribution in [1.82, 2.24) is 16.0 Å². The SMILES string of the molecule is NC(CNC(=O)NCC1CCNCC1)C(=O)O. The van der Waals surface area contributed by atoms with E-state index in [4.69, 9.17) is 10.8 Å². The molecular weight excluding hydrogens is 224 g/mol. The van der Waals surface area contributed by atoms with Crippen molar-refractivity contribution in [3.8, 4) is 0 Å². The van der Waals surface area contributed by atoms with E-state index < -0.39 is 12.0 Å². The summed E-state index contributed by atoms with van der Waals surface area (Å²) in [5.41, 5.74) is 5.25. The van der Waals surface area contributed by atoms with E-state index in [9.17, 15) is 9.59 Å². The van der Waals surface area contributed by atoms with E-state index in [1.807, 2.05) is 0 Å². The molecule has 0 aromatic heterocycles. The molecule has 7 heteroatoms. The Morgan fingerprint density at radius 1 is 1.35 bits per heavy atom. The van der Waals surface area contributed by atoms with Gasteiger partial charge in [-0.3, -0.25) is 4.79 Å². The first-order chi connectivity index (χ1) is 8.09. The van der Waals surface area contributed by atoms with Crippen molar-refractivity contribution in [2.45, 2.75) is 18.9 Å². The number of hydrogen-bond acceptors (Lipinski definition) is 4. The predicted octanol–water partition coefficient (Wildman–Crippen LogP) is -1.30. The molecular formula is C10H20N4O3. The fourth-order valence-corrected chi connectivity index (χ4v) is 1.68. The Morgan fingerprint density at radius 2 is 2.00 bits per heavy atom. The van der Waals surface area contributed by atoms with Gasteiger partial charge in [-0.1, -0.05) is 0 Å². The van der Waals surface area contributed by atoms with Gasteiger partial charge >= 0.3 is 12.0 Å². The number of hydrogen-bond donors (Lipinski definition) is 5. The molecule has 1 heterocycles. The highest BCUT2D eigenvalue weighted by Crippen LogP contribution is 2.09. The van der Waals surface area contributed by atoms with Crippen LogP contribution < -0.4 is 21.7 Å². The van der Waals surface area contributed by atoms with Crippen molar-refractivity contribution in [2.24, 2.45) is 11.7 Å². The molecule has 1 aliphatic rings. The second-order valence-corrected chi connectivity index (χ2v) is 4.23. The fraction of sp³-hybridized carbons (Fsp3) is 0.800. The number of nitrogens with two attached hydrogens (primary N) is 1. The minimum atomic E-state index is -1.12. The molecule has 1 fully saturated rings. The standard InChI is InChI=1S/C10H20N4O3/c11-8(9(15)16)6-14-10(17)13-5-7-1-3-12-4-2-7/h7-8,12H,1-6,11H2,(H,15,16)(H2,13,14,17). The number of carboxylic acids is 1. The minimum Gasteiger partial charge on any atom is -0.480 e. The summed E-state index contributed by atoms with van der Waals surface area (Å²) in [7, 11) is 0. The van der Waals surface area contributed by atoms with Gasteiger partial charge in [-0.2, -0.15) is 0 Å². The van der Waals surface area contributed by atoms with Gasteiger partial charge in [0, 0.05) is 13.1 Å². The van der Waals surface area contributed by atoms with Gasteiger partial charge in [-0.05, 0) is 31.8 Å². The van der Waals surface area contributed by atoms with E-state index in [1.165, 1.54) is 0 Å². The molecule has 0 spiro atoms. The van der Waals surface area contributed by atoms with E-state index in [-0.39, 0.29) is 12.6 Å². The molecule has 6 N–H and O–H groups in total. The summed E-state index contributed by atoms with van der Waals surface area (Å²) < 4.78 is 0. The maximum Gasteiger partial charge on any atom is 0.322 e. The Labute approximate surface area is 100 Å². The van der Waals surface area contributed by atoms with Gasteiger partial charge in [0.15, 0.2) is 0 Å². The Bertz CT molecular complexity index is 266. The van der Waals surface area contributed by atoms with Crippen molar-refractivity contribution in [1.29, 1.82) is 0 Å². The smallest absolute Gasteiger partial charge is 0.322 e. The number of carboxylic acid groups (broad SMARTS) is 1. The van der Waals surface area contributed by atoms with E-state index >= 15 is 0 Å². The second kappa shape index (κ2) is 7.08. The number of amides is 2. The van der Waals surface area contributed by atoms with E-state index in [1.54, 1.807) is 0 Å². The molecule has 1 aliphatic heterocycles. The van der Waals surface area contributed by atoms with Crippen molar-refractivity contribution in [2.75, 3.05) is 26.2 Å². The lowest BCUT2D eigenvalue weighted by atomic mass is 9.98. The Hall–Kier alpha value is -1.34. The number of aliphatic carboxylic acids is 1. The highest BCUT2D eigenvalue weighted by molar-refractivity contribution is 5.77. The molecule has 0 saturated carbocycles. The van der Waals surface area contributed by atoms with Crippen molar-refractivity contribution < 1.29 is 14.7 Å². The number of nitrogens with one attached hydrogen (secondary N) is 3. The maximum absolute atomic E-state index is 11.3. The Morgan fingerprint density at radius 3 is 2.59 bits per heavy atom. The molecule has 0 aromatic rings. The maximum atomic E-state index is 11.3. The lowest BCUT2D eigenvalue weighted by Crippen LogP contribution is -2.47. The molecule has 7 nitrogen and oxygen atoms in total. The molecule has 1 unspecified atom stereocenters. The number of carbonyl (C=O) groups is 2. The van der Waals surface area contributed by atoms with Crippen LogP contribution in [0.3, 0.4) is 0 Å². The summed E-state index contributed by atoms with van der Waals surface area (Å²) in [6.45, 7) is 2.53. The van der Waals surface area contributed by atoms with Crippen LogP contribution in [0.1, 0.15) is 12.8 Å². The topological polar surface area (TPSA) is 116 Å². The molecule has 17 heavy (non-hydrogen) atoms. The highest BCUT2D eigenvalue weighted by atomic mass is 16.4. The molecule has 2 amide bonds.